The monoisotopic (exact) mass is 253 g/mol. The highest BCUT2D eigenvalue weighted by molar-refractivity contribution is 5.35. The highest BCUT2D eigenvalue weighted by atomic mass is 14.9. The Labute approximate surface area is 116 Å². The topological polar surface area (TPSA) is 12.0 Å². The maximum absolute atomic E-state index is 3.59. The van der Waals surface area contributed by atoms with E-state index >= 15 is 0 Å². The fraction of sp³-hybridized carbons (Fsp3) is 0.333. The maximum atomic E-state index is 3.59. The molecular formula is C18H23N. The molecular weight excluding hydrogens is 230 g/mol. The van der Waals surface area contributed by atoms with Crippen molar-refractivity contribution < 1.29 is 0 Å². The molecule has 0 bridgehead atoms. The minimum absolute atomic E-state index is 0.289. The second kappa shape index (κ2) is 6.53. The Morgan fingerprint density at radius 2 is 1.68 bits per heavy atom. The van der Waals surface area contributed by atoms with Gasteiger partial charge in [-0.2, -0.15) is 0 Å². The first-order valence-electron chi connectivity index (χ1n) is 7.13. The summed E-state index contributed by atoms with van der Waals surface area (Å²) in [5.74, 6) is 0. The summed E-state index contributed by atoms with van der Waals surface area (Å²) < 4.78 is 0. The molecule has 19 heavy (non-hydrogen) atoms. The molecule has 2 rings (SSSR count). The molecule has 0 aliphatic carbocycles. The average molecular weight is 253 g/mol. The van der Waals surface area contributed by atoms with Gasteiger partial charge in [0.05, 0.1) is 6.04 Å². The number of rotatable bonds is 5. The van der Waals surface area contributed by atoms with Crippen LogP contribution in [0.5, 0.6) is 0 Å². The summed E-state index contributed by atoms with van der Waals surface area (Å²) in [6.45, 7) is 7.46. The molecule has 1 atom stereocenters. The van der Waals surface area contributed by atoms with Gasteiger partial charge in [-0.15, -0.1) is 0 Å². The number of hydrogen-bond acceptors (Lipinski definition) is 1. The van der Waals surface area contributed by atoms with Crippen molar-refractivity contribution >= 4 is 0 Å². The molecule has 2 aromatic rings. The second-order valence-electron chi connectivity index (χ2n) is 5.00. The summed E-state index contributed by atoms with van der Waals surface area (Å²) in [7, 11) is 0. The van der Waals surface area contributed by atoms with Gasteiger partial charge >= 0.3 is 0 Å². The largest absolute Gasteiger partial charge is 0.307 e. The van der Waals surface area contributed by atoms with Gasteiger partial charge < -0.3 is 5.32 Å². The Kier molecular flexibility index (Phi) is 4.75. The Balaban J connectivity index is 2.35. The third-order valence-corrected chi connectivity index (χ3v) is 3.51. The molecule has 0 aliphatic heterocycles. The van der Waals surface area contributed by atoms with E-state index in [0.717, 1.165) is 13.0 Å². The molecule has 2 aromatic carbocycles. The highest BCUT2D eigenvalue weighted by Gasteiger charge is 2.12. The molecule has 0 aliphatic rings. The van der Waals surface area contributed by atoms with Crippen LogP contribution in [0.1, 0.15) is 42.1 Å². The SMILES string of the molecule is CCNC(c1ccc(C)cc1)c1cccc(CC)c1. The van der Waals surface area contributed by atoms with Gasteiger partial charge in [0.1, 0.15) is 0 Å². The third-order valence-electron chi connectivity index (χ3n) is 3.51. The Hall–Kier alpha value is -1.60. The van der Waals surface area contributed by atoms with Crippen molar-refractivity contribution in [2.75, 3.05) is 6.54 Å². The molecule has 0 saturated carbocycles. The summed E-state index contributed by atoms with van der Waals surface area (Å²) >= 11 is 0. The van der Waals surface area contributed by atoms with E-state index in [4.69, 9.17) is 0 Å². The number of benzene rings is 2. The van der Waals surface area contributed by atoms with Crippen LogP contribution in [0.3, 0.4) is 0 Å². The van der Waals surface area contributed by atoms with Gasteiger partial charge in [0.15, 0.2) is 0 Å². The molecule has 0 amide bonds. The fourth-order valence-electron chi connectivity index (χ4n) is 2.38. The Morgan fingerprint density at radius 1 is 0.947 bits per heavy atom. The van der Waals surface area contributed by atoms with Gasteiger partial charge in [0.25, 0.3) is 0 Å². The summed E-state index contributed by atoms with van der Waals surface area (Å²) in [4.78, 5) is 0. The lowest BCUT2D eigenvalue weighted by molar-refractivity contribution is 0.630. The molecule has 0 saturated heterocycles. The van der Waals surface area contributed by atoms with Crippen LogP contribution in [0.4, 0.5) is 0 Å². The van der Waals surface area contributed by atoms with Gasteiger partial charge in [-0.3, -0.25) is 0 Å². The Morgan fingerprint density at radius 3 is 2.32 bits per heavy atom. The minimum atomic E-state index is 0.289. The normalized spacial score (nSPS) is 12.4. The van der Waals surface area contributed by atoms with Crippen LogP contribution in [-0.4, -0.2) is 6.54 Å². The molecule has 0 radical (unpaired) electrons. The third kappa shape index (κ3) is 3.45. The van der Waals surface area contributed by atoms with Crippen molar-refractivity contribution in [2.24, 2.45) is 0 Å². The van der Waals surface area contributed by atoms with Crippen molar-refractivity contribution in [3.63, 3.8) is 0 Å². The molecule has 1 N–H and O–H groups in total. The lowest BCUT2D eigenvalue weighted by atomic mass is 9.96. The van der Waals surface area contributed by atoms with E-state index in [1.54, 1.807) is 0 Å². The molecule has 100 valence electrons. The number of nitrogens with one attached hydrogen (secondary N) is 1. The van der Waals surface area contributed by atoms with E-state index in [9.17, 15) is 0 Å². The van der Waals surface area contributed by atoms with Gasteiger partial charge in [-0.1, -0.05) is 67.9 Å². The first-order chi connectivity index (χ1) is 9.24. The fourth-order valence-corrected chi connectivity index (χ4v) is 2.38. The van der Waals surface area contributed by atoms with Crippen LogP contribution in [0.25, 0.3) is 0 Å². The zero-order chi connectivity index (χ0) is 13.7. The van der Waals surface area contributed by atoms with E-state index in [-0.39, 0.29) is 6.04 Å². The van der Waals surface area contributed by atoms with E-state index in [1.807, 2.05) is 0 Å². The lowest BCUT2D eigenvalue weighted by Gasteiger charge is -2.20. The van der Waals surface area contributed by atoms with Gasteiger partial charge in [-0.25, -0.2) is 0 Å². The van der Waals surface area contributed by atoms with Crippen LogP contribution in [0.15, 0.2) is 48.5 Å². The smallest absolute Gasteiger partial charge is 0.0576 e. The van der Waals surface area contributed by atoms with Crippen molar-refractivity contribution in [2.45, 2.75) is 33.2 Å². The molecule has 0 fully saturated rings. The standard InChI is InChI=1S/C18H23N/c1-4-15-7-6-8-17(13-15)18(19-5-2)16-11-9-14(3)10-12-16/h6-13,18-19H,4-5H2,1-3H3. The van der Waals surface area contributed by atoms with Gasteiger partial charge in [0, 0.05) is 0 Å². The zero-order valence-electron chi connectivity index (χ0n) is 12.1. The predicted octanol–water partition coefficient (Wildman–Crippen LogP) is 4.26. The zero-order valence-corrected chi connectivity index (χ0v) is 12.1. The highest BCUT2D eigenvalue weighted by Crippen LogP contribution is 2.23. The van der Waals surface area contributed by atoms with Crippen LogP contribution in [-0.2, 0) is 6.42 Å². The van der Waals surface area contributed by atoms with Crippen molar-refractivity contribution in [1.82, 2.24) is 5.32 Å². The van der Waals surface area contributed by atoms with E-state index in [1.165, 1.54) is 22.3 Å². The van der Waals surface area contributed by atoms with Crippen LogP contribution in [0, 0.1) is 6.92 Å². The molecule has 0 aromatic heterocycles. The quantitative estimate of drug-likeness (QED) is 0.839. The Bertz CT molecular complexity index is 513. The molecule has 1 unspecified atom stereocenters. The summed E-state index contributed by atoms with van der Waals surface area (Å²) in [5.41, 5.74) is 5.39. The van der Waals surface area contributed by atoms with E-state index in [0.29, 0.717) is 0 Å². The minimum Gasteiger partial charge on any atom is -0.307 e. The van der Waals surface area contributed by atoms with Crippen molar-refractivity contribution in [3.8, 4) is 0 Å². The van der Waals surface area contributed by atoms with Crippen LogP contribution < -0.4 is 5.32 Å². The molecule has 1 nitrogen and oxygen atoms in total. The first kappa shape index (κ1) is 13.8. The maximum Gasteiger partial charge on any atom is 0.0576 e. The molecule has 0 heterocycles. The molecule has 1 heteroatoms. The first-order valence-corrected chi connectivity index (χ1v) is 7.13. The van der Waals surface area contributed by atoms with Crippen LogP contribution in [0.2, 0.25) is 0 Å². The van der Waals surface area contributed by atoms with Crippen molar-refractivity contribution in [1.29, 1.82) is 0 Å². The van der Waals surface area contributed by atoms with Gasteiger partial charge in [-0.05, 0) is 36.6 Å². The second-order valence-corrected chi connectivity index (χ2v) is 5.00. The van der Waals surface area contributed by atoms with Crippen LogP contribution >= 0.6 is 0 Å². The number of hydrogen-bond donors (Lipinski definition) is 1. The van der Waals surface area contributed by atoms with E-state index < -0.39 is 0 Å². The predicted molar refractivity (Wildman–Crippen MR) is 82.5 cm³/mol. The van der Waals surface area contributed by atoms with Gasteiger partial charge in [0.2, 0.25) is 0 Å². The average Bonchev–Trinajstić information content (AvgIpc) is 2.46. The van der Waals surface area contributed by atoms with E-state index in [2.05, 4.69) is 74.6 Å². The summed E-state index contributed by atoms with van der Waals surface area (Å²) in [6.07, 6.45) is 1.08. The van der Waals surface area contributed by atoms with Crippen molar-refractivity contribution in [3.05, 3.63) is 70.8 Å². The summed E-state index contributed by atoms with van der Waals surface area (Å²) in [5, 5.41) is 3.59. The lowest BCUT2D eigenvalue weighted by Crippen LogP contribution is -2.22. The molecule has 0 spiro atoms. The summed E-state index contributed by atoms with van der Waals surface area (Å²) in [6, 6.07) is 18.0. The number of aryl methyl sites for hydroxylation is 2.